The van der Waals surface area contributed by atoms with Gasteiger partial charge in [0.25, 0.3) is 11.8 Å². The molecule has 2 aromatic rings. The van der Waals surface area contributed by atoms with E-state index in [-0.39, 0.29) is 18.2 Å². The summed E-state index contributed by atoms with van der Waals surface area (Å²) in [4.78, 5) is 41.3. The van der Waals surface area contributed by atoms with E-state index in [9.17, 15) is 14.4 Å². The number of imide groups is 1. The summed E-state index contributed by atoms with van der Waals surface area (Å²) in [6.07, 6.45) is 1.68. The van der Waals surface area contributed by atoms with Crippen molar-refractivity contribution < 1.29 is 14.4 Å². The van der Waals surface area contributed by atoms with Crippen LogP contribution < -0.4 is 4.90 Å². The van der Waals surface area contributed by atoms with Gasteiger partial charge in [-0.1, -0.05) is 72.0 Å². The zero-order chi connectivity index (χ0) is 19.8. The third-order valence-electron chi connectivity index (χ3n) is 4.65. The molecule has 0 saturated carbocycles. The Kier molecular flexibility index (Phi) is 4.87. The highest BCUT2D eigenvalue weighted by Gasteiger charge is 2.48. The molecule has 0 unspecified atom stereocenters. The van der Waals surface area contributed by atoms with Crippen LogP contribution in [0, 0.1) is 6.92 Å². The summed E-state index contributed by atoms with van der Waals surface area (Å²) in [5, 5.41) is 0. The number of aryl methyl sites for hydroxylation is 1. The Hall–Kier alpha value is -2.77. The summed E-state index contributed by atoms with van der Waals surface area (Å²) >= 11 is 6.51. The molecule has 140 valence electrons. The van der Waals surface area contributed by atoms with E-state index in [0.717, 1.165) is 27.8 Å². The third kappa shape index (κ3) is 3.27. The van der Waals surface area contributed by atoms with Gasteiger partial charge in [0.2, 0.25) is 5.91 Å². The van der Waals surface area contributed by atoms with Gasteiger partial charge in [-0.2, -0.15) is 0 Å². The fraction of sp³-hybridized carbons (Fsp3) is 0.143. The van der Waals surface area contributed by atoms with E-state index in [1.807, 2.05) is 49.4 Å². The second-order valence-electron chi connectivity index (χ2n) is 6.59. The molecule has 7 heteroatoms. The van der Waals surface area contributed by atoms with Crippen LogP contribution in [0.2, 0.25) is 0 Å². The van der Waals surface area contributed by atoms with Crippen LogP contribution in [0.1, 0.15) is 17.5 Å². The van der Waals surface area contributed by atoms with Crippen molar-refractivity contribution in [2.75, 3.05) is 4.90 Å². The molecule has 0 aliphatic carbocycles. The minimum atomic E-state index is -0.900. The van der Waals surface area contributed by atoms with Crippen LogP contribution in [0.5, 0.6) is 0 Å². The molecule has 5 nitrogen and oxygen atoms in total. The van der Waals surface area contributed by atoms with E-state index in [4.69, 9.17) is 12.2 Å². The average Bonchev–Trinajstić information content (AvgIpc) is 3.12. The number of carbonyl (C=O) groups is 3. The lowest BCUT2D eigenvalue weighted by Gasteiger charge is -2.21. The number of hydrogen-bond acceptors (Lipinski definition) is 5. The van der Waals surface area contributed by atoms with Crippen molar-refractivity contribution in [2.45, 2.75) is 19.4 Å². The van der Waals surface area contributed by atoms with Gasteiger partial charge in [-0.05, 0) is 30.7 Å². The molecule has 0 bridgehead atoms. The molecular weight excluding hydrogens is 392 g/mol. The maximum atomic E-state index is 13.0. The summed E-state index contributed by atoms with van der Waals surface area (Å²) < 4.78 is 0.295. The van der Waals surface area contributed by atoms with Crippen LogP contribution in [0.25, 0.3) is 6.08 Å². The van der Waals surface area contributed by atoms with Gasteiger partial charge in [0.05, 0.1) is 17.0 Å². The number of benzene rings is 2. The van der Waals surface area contributed by atoms with Gasteiger partial charge in [0.1, 0.15) is 10.4 Å². The minimum Gasteiger partial charge on any atom is -0.280 e. The standard InChI is InChI=1S/C21H16N2O3S2/c1-13-7-9-15(10-8-13)22-18(24)12-16(19(22)25)23-20(26)17(28-21(23)27)11-14-5-3-2-4-6-14/h2-11,16H,12H2,1H3/b17-11-/t16-/m1/s1. The monoisotopic (exact) mass is 408 g/mol. The minimum absolute atomic E-state index is 0.0717. The molecule has 0 aromatic heterocycles. The second-order valence-corrected chi connectivity index (χ2v) is 8.26. The molecule has 2 saturated heterocycles. The van der Waals surface area contributed by atoms with Crippen molar-refractivity contribution >= 4 is 57.8 Å². The Balaban J connectivity index is 1.61. The molecule has 4 rings (SSSR count). The summed E-state index contributed by atoms with van der Waals surface area (Å²) in [6, 6.07) is 15.7. The maximum absolute atomic E-state index is 13.0. The summed E-state index contributed by atoms with van der Waals surface area (Å²) in [6.45, 7) is 1.93. The van der Waals surface area contributed by atoms with Crippen molar-refractivity contribution in [1.82, 2.24) is 4.90 Å². The topological polar surface area (TPSA) is 57.7 Å². The molecule has 0 N–H and O–H groups in total. The van der Waals surface area contributed by atoms with Gasteiger partial charge in [-0.15, -0.1) is 0 Å². The predicted octanol–water partition coefficient (Wildman–Crippen LogP) is 3.53. The fourth-order valence-electron chi connectivity index (χ4n) is 3.23. The van der Waals surface area contributed by atoms with Gasteiger partial charge < -0.3 is 0 Å². The first-order valence-corrected chi connectivity index (χ1v) is 9.94. The van der Waals surface area contributed by atoms with Gasteiger partial charge in [-0.3, -0.25) is 19.3 Å². The van der Waals surface area contributed by atoms with Crippen LogP contribution >= 0.6 is 24.0 Å². The number of amides is 3. The molecule has 3 amide bonds. The Morgan fingerprint density at radius 3 is 2.39 bits per heavy atom. The van der Waals surface area contributed by atoms with Gasteiger partial charge in [0.15, 0.2) is 0 Å². The highest BCUT2D eigenvalue weighted by molar-refractivity contribution is 8.26. The lowest BCUT2D eigenvalue weighted by atomic mass is 10.2. The molecule has 2 fully saturated rings. The predicted molar refractivity (Wildman–Crippen MR) is 114 cm³/mol. The maximum Gasteiger partial charge on any atom is 0.266 e. The van der Waals surface area contributed by atoms with E-state index in [0.29, 0.717) is 14.9 Å². The van der Waals surface area contributed by atoms with Gasteiger partial charge >= 0.3 is 0 Å². The normalized spacial score (nSPS) is 21.3. The summed E-state index contributed by atoms with van der Waals surface area (Å²) in [7, 11) is 0. The molecule has 2 aliphatic heterocycles. The van der Waals surface area contributed by atoms with Crippen molar-refractivity contribution in [1.29, 1.82) is 0 Å². The van der Waals surface area contributed by atoms with Crippen LogP contribution in [-0.2, 0) is 14.4 Å². The average molecular weight is 409 g/mol. The van der Waals surface area contributed by atoms with Gasteiger partial charge in [0, 0.05) is 0 Å². The third-order valence-corrected chi connectivity index (χ3v) is 5.98. The van der Waals surface area contributed by atoms with Crippen LogP contribution in [0.15, 0.2) is 59.5 Å². The zero-order valence-electron chi connectivity index (χ0n) is 15.0. The van der Waals surface area contributed by atoms with Gasteiger partial charge in [-0.25, -0.2) is 4.90 Å². The van der Waals surface area contributed by atoms with E-state index >= 15 is 0 Å². The number of nitrogens with zero attached hydrogens (tertiary/aromatic N) is 2. The number of carbonyl (C=O) groups excluding carboxylic acids is 3. The summed E-state index contributed by atoms with van der Waals surface area (Å²) in [5.41, 5.74) is 2.41. The number of thioether (sulfide) groups is 1. The first-order chi connectivity index (χ1) is 13.5. The molecule has 0 radical (unpaired) electrons. The molecule has 2 heterocycles. The number of anilines is 1. The second kappa shape index (κ2) is 7.33. The van der Waals surface area contributed by atoms with Crippen molar-refractivity contribution in [3.05, 3.63) is 70.6 Å². The van der Waals surface area contributed by atoms with E-state index < -0.39 is 11.9 Å². The molecule has 0 spiro atoms. The molecule has 1 atom stereocenters. The van der Waals surface area contributed by atoms with Crippen molar-refractivity contribution in [3.8, 4) is 0 Å². The van der Waals surface area contributed by atoms with Crippen molar-refractivity contribution in [3.63, 3.8) is 0 Å². The number of rotatable bonds is 3. The van der Waals surface area contributed by atoms with Crippen molar-refractivity contribution in [2.24, 2.45) is 0 Å². The summed E-state index contributed by atoms with van der Waals surface area (Å²) in [5.74, 6) is -1.10. The van der Waals surface area contributed by atoms with E-state index in [1.54, 1.807) is 18.2 Å². The molecule has 2 aliphatic rings. The van der Waals surface area contributed by atoms with Crippen LogP contribution in [0.4, 0.5) is 5.69 Å². The lowest BCUT2D eigenvalue weighted by Crippen LogP contribution is -2.44. The quantitative estimate of drug-likeness (QED) is 0.442. The number of hydrogen-bond donors (Lipinski definition) is 0. The Bertz CT molecular complexity index is 1020. The molecule has 2 aromatic carbocycles. The zero-order valence-corrected chi connectivity index (χ0v) is 16.6. The Labute approximate surface area is 172 Å². The SMILES string of the molecule is Cc1ccc(N2C(=O)C[C@@H](N3C(=O)/C(=C/c4ccccc4)SC3=S)C2=O)cc1. The Morgan fingerprint density at radius 1 is 1.04 bits per heavy atom. The lowest BCUT2D eigenvalue weighted by molar-refractivity contribution is -0.129. The largest absolute Gasteiger partial charge is 0.280 e. The number of thiocarbonyl (C=S) groups is 1. The highest BCUT2D eigenvalue weighted by atomic mass is 32.2. The van der Waals surface area contributed by atoms with Crippen LogP contribution in [-0.4, -0.2) is 33.0 Å². The van der Waals surface area contributed by atoms with E-state index in [1.165, 1.54) is 4.90 Å². The fourth-order valence-corrected chi connectivity index (χ4v) is 4.59. The smallest absolute Gasteiger partial charge is 0.266 e. The molecular formula is C21H16N2O3S2. The first-order valence-electron chi connectivity index (χ1n) is 8.71. The highest BCUT2D eigenvalue weighted by Crippen LogP contribution is 2.37. The first kappa shape index (κ1) is 18.6. The molecule has 28 heavy (non-hydrogen) atoms. The Morgan fingerprint density at radius 2 is 1.71 bits per heavy atom. The van der Waals surface area contributed by atoms with Crippen LogP contribution in [0.3, 0.4) is 0 Å². The van der Waals surface area contributed by atoms with E-state index in [2.05, 4.69) is 0 Å².